The summed E-state index contributed by atoms with van der Waals surface area (Å²) in [6.07, 6.45) is 0.340. The lowest BCUT2D eigenvalue weighted by Crippen LogP contribution is -2.35. The topological polar surface area (TPSA) is 50.9 Å². The molecule has 1 heterocycles. The SMILES string of the molecule is CC(O)C(F)(F)n1ccnn1. The van der Waals surface area contributed by atoms with Crippen LogP contribution in [0.4, 0.5) is 8.78 Å². The fourth-order valence-electron chi connectivity index (χ4n) is 0.559. The van der Waals surface area contributed by atoms with Gasteiger partial charge in [-0.3, -0.25) is 0 Å². The summed E-state index contributed by atoms with van der Waals surface area (Å²) < 4.78 is 25.8. The van der Waals surface area contributed by atoms with Crippen molar-refractivity contribution in [2.24, 2.45) is 0 Å². The molecule has 62 valence electrons. The van der Waals surface area contributed by atoms with E-state index in [1.54, 1.807) is 0 Å². The molecule has 1 atom stereocenters. The average Bonchev–Trinajstić information content (AvgIpc) is 2.37. The molecule has 0 saturated heterocycles. The summed E-state index contributed by atoms with van der Waals surface area (Å²) in [6, 6.07) is -3.38. The number of aliphatic hydroxyl groups excluding tert-OH is 1. The van der Waals surface area contributed by atoms with E-state index in [0.717, 1.165) is 19.3 Å². The molecular formula is C5H7F2N3O. The number of aromatic nitrogens is 3. The van der Waals surface area contributed by atoms with Gasteiger partial charge in [0.05, 0.1) is 12.4 Å². The van der Waals surface area contributed by atoms with Crippen molar-refractivity contribution < 1.29 is 13.9 Å². The zero-order valence-electron chi connectivity index (χ0n) is 5.78. The van der Waals surface area contributed by atoms with Crippen molar-refractivity contribution in [3.63, 3.8) is 0 Å². The summed E-state index contributed by atoms with van der Waals surface area (Å²) in [7, 11) is 0. The number of rotatable bonds is 2. The Morgan fingerprint density at radius 3 is 2.64 bits per heavy atom. The number of hydrogen-bond donors (Lipinski definition) is 1. The van der Waals surface area contributed by atoms with E-state index in [9.17, 15) is 8.78 Å². The maximum atomic E-state index is 12.7. The lowest BCUT2D eigenvalue weighted by molar-refractivity contribution is -0.173. The van der Waals surface area contributed by atoms with Crippen molar-refractivity contribution in [2.75, 3.05) is 0 Å². The quantitative estimate of drug-likeness (QED) is 0.677. The predicted octanol–water partition coefficient (Wildman–Crippen LogP) is 0.208. The molecule has 6 heteroatoms. The van der Waals surface area contributed by atoms with Gasteiger partial charge in [0, 0.05) is 0 Å². The van der Waals surface area contributed by atoms with Gasteiger partial charge in [0.2, 0.25) is 0 Å². The Hall–Kier alpha value is -1.04. The van der Waals surface area contributed by atoms with E-state index in [-0.39, 0.29) is 0 Å². The highest BCUT2D eigenvalue weighted by Crippen LogP contribution is 2.22. The second-order valence-corrected chi connectivity index (χ2v) is 2.11. The second-order valence-electron chi connectivity index (χ2n) is 2.11. The number of aliphatic hydroxyl groups is 1. The fourth-order valence-corrected chi connectivity index (χ4v) is 0.559. The summed E-state index contributed by atoms with van der Waals surface area (Å²) in [5, 5.41) is 14.9. The Kier molecular flexibility index (Phi) is 1.86. The van der Waals surface area contributed by atoms with Crippen LogP contribution in [0.1, 0.15) is 6.92 Å². The molecule has 0 amide bonds. The highest BCUT2D eigenvalue weighted by atomic mass is 19.3. The summed E-state index contributed by atoms with van der Waals surface area (Å²) in [5.41, 5.74) is 0. The van der Waals surface area contributed by atoms with Crippen LogP contribution in [0.3, 0.4) is 0 Å². The van der Waals surface area contributed by atoms with Gasteiger partial charge in [-0.2, -0.15) is 13.5 Å². The van der Waals surface area contributed by atoms with E-state index in [1.165, 1.54) is 0 Å². The van der Waals surface area contributed by atoms with E-state index in [0.29, 0.717) is 4.68 Å². The van der Waals surface area contributed by atoms with Crippen LogP contribution in [0.2, 0.25) is 0 Å². The molecule has 1 N–H and O–H groups in total. The second kappa shape index (κ2) is 2.54. The van der Waals surface area contributed by atoms with Crippen LogP contribution in [0.5, 0.6) is 0 Å². The third-order valence-electron chi connectivity index (χ3n) is 1.23. The maximum absolute atomic E-state index is 12.7. The molecule has 1 aromatic rings. The van der Waals surface area contributed by atoms with Gasteiger partial charge < -0.3 is 5.11 Å². The molecular weight excluding hydrogens is 156 g/mol. The van der Waals surface area contributed by atoms with Crippen LogP contribution < -0.4 is 0 Å². The molecule has 11 heavy (non-hydrogen) atoms. The van der Waals surface area contributed by atoms with Gasteiger partial charge in [-0.25, -0.2) is 0 Å². The summed E-state index contributed by atoms with van der Waals surface area (Å²) in [6.45, 7) is 0.988. The van der Waals surface area contributed by atoms with E-state index >= 15 is 0 Å². The lowest BCUT2D eigenvalue weighted by atomic mass is 10.3. The summed E-state index contributed by atoms with van der Waals surface area (Å²) >= 11 is 0. The van der Waals surface area contributed by atoms with Gasteiger partial charge in [0.1, 0.15) is 6.10 Å². The van der Waals surface area contributed by atoms with E-state index < -0.39 is 12.2 Å². The monoisotopic (exact) mass is 163 g/mol. The minimum absolute atomic E-state index is 0.317. The first kappa shape index (κ1) is 8.06. The van der Waals surface area contributed by atoms with Crippen molar-refractivity contribution in [1.29, 1.82) is 0 Å². The standard InChI is InChI=1S/C5H7F2N3O/c1-4(11)5(6,7)10-3-2-8-9-10/h2-4,11H,1H3. The van der Waals surface area contributed by atoms with Crippen molar-refractivity contribution in [1.82, 2.24) is 15.0 Å². The first-order chi connectivity index (χ1) is 5.05. The number of nitrogens with zero attached hydrogens (tertiary/aromatic N) is 3. The molecule has 1 unspecified atom stereocenters. The first-order valence-electron chi connectivity index (χ1n) is 2.98. The van der Waals surface area contributed by atoms with E-state index in [2.05, 4.69) is 10.3 Å². The van der Waals surface area contributed by atoms with Crippen molar-refractivity contribution in [3.05, 3.63) is 12.4 Å². The molecule has 1 rings (SSSR count). The molecule has 0 spiro atoms. The van der Waals surface area contributed by atoms with Gasteiger partial charge >= 0.3 is 6.05 Å². The zero-order valence-corrected chi connectivity index (χ0v) is 5.78. The molecule has 0 aromatic carbocycles. The van der Waals surface area contributed by atoms with Crippen LogP contribution >= 0.6 is 0 Å². The fraction of sp³-hybridized carbons (Fsp3) is 0.600. The van der Waals surface area contributed by atoms with Gasteiger partial charge in [-0.15, -0.1) is 5.10 Å². The minimum Gasteiger partial charge on any atom is -0.385 e. The number of halogens is 2. The van der Waals surface area contributed by atoms with E-state index in [4.69, 9.17) is 5.11 Å². The Labute approximate surface area is 61.4 Å². The molecule has 0 radical (unpaired) electrons. The number of alkyl halides is 2. The lowest BCUT2D eigenvalue weighted by Gasteiger charge is -2.17. The average molecular weight is 163 g/mol. The molecule has 0 aliphatic heterocycles. The van der Waals surface area contributed by atoms with Crippen molar-refractivity contribution >= 4 is 0 Å². The van der Waals surface area contributed by atoms with Gasteiger partial charge in [-0.1, -0.05) is 5.21 Å². The predicted molar refractivity (Wildman–Crippen MR) is 31.9 cm³/mol. The van der Waals surface area contributed by atoms with Crippen LogP contribution in [-0.2, 0) is 6.05 Å². The molecule has 0 bridgehead atoms. The zero-order chi connectivity index (χ0) is 8.48. The molecule has 4 nitrogen and oxygen atoms in total. The summed E-state index contributed by atoms with van der Waals surface area (Å²) in [5.74, 6) is 0. The molecule has 0 fully saturated rings. The highest BCUT2D eigenvalue weighted by molar-refractivity contribution is 4.74. The molecule has 1 aromatic heterocycles. The van der Waals surface area contributed by atoms with Crippen molar-refractivity contribution in [3.8, 4) is 0 Å². The van der Waals surface area contributed by atoms with Crippen LogP contribution in [-0.4, -0.2) is 26.2 Å². The van der Waals surface area contributed by atoms with Gasteiger partial charge in [0.25, 0.3) is 0 Å². The normalized spacial score (nSPS) is 14.9. The van der Waals surface area contributed by atoms with Crippen LogP contribution in [0.15, 0.2) is 12.4 Å². The first-order valence-corrected chi connectivity index (χ1v) is 2.98. The Bertz CT molecular complexity index is 222. The van der Waals surface area contributed by atoms with Crippen LogP contribution in [0.25, 0.3) is 0 Å². The molecule has 0 aliphatic rings. The third-order valence-corrected chi connectivity index (χ3v) is 1.23. The Morgan fingerprint density at radius 1 is 1.64 bits per heavy atom. The molecule has 0 aliphatic carbocycles. The smallest absolute Gasteiger partial charge is 0.370 e. The number of hydrogen-bond acceptors (Lipinski definition) is 3. The van der Waals surface area contributed by atoms with E-state index in [1.807, 2.05) is 0 Å². The minimum atomic E-state index is -3.38. The van der Waals surface area contributed by atoms with Gasteiger partial charge in [0.15, 0.2) is 0 Å². The third kappa shape index (κ3) is 1.35. The summed E-state index contributed by atoms with van der Waals surface area (Å²) in [4.78, 5) is 0. The Balaban J connectivity index is 2.90. The maximum Gasteiger partial charge on any atom is 0.370 e. The van der Waals surface area contributed by atoms with Crippen molar-refractivity contribution in [2.45, 2.75) is 19.1 Å². The Morgan fingerprint density at radius 2 is 2.27 bits per heavy atom. The van der Waals surface area contributed by atoms with Crippen LogP contribution in [0, 0.1) is 0 Å². The van der Waals surface area contributed by atoms with Gasteiger partial charge in [-0.05, 0) is 6.92 Å². The largest absolute Gasteiger partial charge is 0.385 e. The highest BCUT2D eigenvalue weighted by Gasteiger charge is 2.38. The molecule has 0 saturated carbocycles.